The van der Waals surface area contributed by atoms with Crippen LogP contribution in [0.3, 0.4) is 0 Å². The summed E-state index contributed by atoms with van der Waals surface area (Å²) in [5.41, 5.74) is 6.70. The minimum Gasteiger partial charge on any atom is -0.493 e. The number of hydrogen-bond donors (Lipinski definition) is 3. The number of nitrogens with zero attached hydrogens (tertiary/aromatic N) is 1. The number of ether oxygens (including phenoxy) is 3. The summed E-state index contributed by atoms with van der Waals surface area (Å²) in [5, 5.41) is 5.49. The first-order chi connectivity index (χ1) is 15.9. The van der Waals surface area contributed by atoms with Gasteiger partial charge in [0.1, 0.15) is 0 Å². The molecule has 10 nitrogen and oxygen atoms in total. The average molecular weight is 450 g/mol. The molecule has 33 heavy (non-hydrogen) atoms. The molecule has 0 aliphatic rings. The van der Waals surface area contributed by atoms with Crippen LogP contribution in [-0.2, 0) is 4.79 Å². The number of pyridine rings is 1. The van der Waals surface area contributed by atoms with E-state index in [1.165, 1.54) is 26.4 Å². The molecule has 170 valence electrons. The fourth-order valence-corrected chi connectivity index (χ4v) is 2.88. The summed E-state index contributed by atoms with van der Waals surface area (Å²) >= 11 is 0. The Hall–Kier alpha value is -4.60. The molecule has 0 saturated heterocycles. The Morgan fingerprint density at radius 2 is 1.45 bits per heavy atom. The fourth-order valence-electron chi connectivity index (χ4n) is 2.88. The largest absolute Gasteiger partial charge is 0.493 e. The third-order valence-electron chi connectivity index (χ3n) is 4.40. The van der Waals surface area contributed by atoms with Crippen LogP contribution >= 0.6 is 0 Å². The molecule has 0 spiro atoms. The third kappa shape index (κ3) is 5.97. The van der Waals surface area contributed by atoms with Gasteiger partial charge in [-0.1, -0.05) is 6.07 Å². The summed E-state index contributed by atoms with van der Waals surface area (Å²) in [4.78, 5) is 40.3. The van der Waals surface area contributed by atoms with Crippen molar-refractivity contribution in [1.29, 1.82) is 0 Å². The Morgan fingerprint density at radius 1 is 0.848 bits per heavy atom. The van der Waals surface area contributed by atoms with E-state index >= 15 is 0 Å². The fraction of sp³-hybridized carbons (Fsp3) is 0.130. The van der Waals surface area contributed by atoms with Crippen LogP contribution in [0.4, 0.5) is 11.4 Å². The molecule has 0 bridgehead atoms. The summed E-state index contributed by atoms with van der Waals surface area (Å²) in [6.07, 6.45) is 3.14. The molecule has 1 heterocycles. The maximum atomic E-state index is 12.9. The van der Waals surface area contributed by atoms with Gasteiger partial charge in [0.05, 0.1) is 14.2 Å². The second-order valence-electron chi connectivity index (χ2n) is 6.69. The topological polar surface area (TPSA) is 142 Å². The lowest BCUT2D eigenvalue weighted by Crippen LogP contribution is -2.20. The molecule has 0 unspecified atom stereocenters. The molecule has 0 aliphatic heterocycles. The number of rotatable bonds is 9. The summed E-state index contributed by atoms with van der Waals surface area (Å²) in [5.74, 6) is -0.965. The first-order valence-electron chi connectivity index (χ1n) is 9.71. The van der Waals surface area contributed by atoms with Gasteiger partial charge in [0.25, 0.3) is 17.7 Å². The highest BCUT2D eigenvalue weighted by Crippen LogP contribution is 2.38. The van der Waals surface area contributed by atoms with Gasteiger partial charge in [0.2, 0.25) is 5.75 Å². The van der Waals surface area contributed by atoms with Crippen molar-refractivity contribution in [3.8, 4) is 17.2 Å². The predicted molar refractivity (Wildman–Crippen MR) is 121 cm³/mol. The summed E-state index contributed by atoms with van der Waals surface area (Å²) < 4.78 is 15.9. The molecule has 0 atom stereocenters. The number of hydrogen-bond acceptors (Lipinski definition) is 7. The van der Waals surface area contributed by atoms with Crippen molar-refractivity contribution >= 4 is 29.1 Å². The first-order valence-corrected chi connectivity index (χ1v) is 9.71. The molecule has 0 aliphatic carbocycles. The molecule has 4 N–H and O–H groups in total. The molecule has 0 fully saturated rings. The van der Waals surface area contributed by atoms with E-state index in [1.54, 1.807) is 48.8 Å². The smallest absolute Gasteiger partial charge is 0.255 e. The van der Waals surface area contributed by atoms with Crippen molar-refractivity contribution in [3.05, 3.63) is 72.1 Å². The van der Waals surface area contributed by atoms with Crippen LogP contribution in [0.1, 0.15) is 20.7 Å². The minimum absolute atomic E-state index is 0.144. The SMILES string of the molecule is COc1cc(C(=O)Nc2cccc(C(=O)Nc3ccncc3)c2)cc(OC)c1OCC(N)=O. The van der Waals surface area contributed by atoms with Gasteiger partial charge in [-0.3, -0.25) is 19.4 Å². The third-order valence-corrected chi connectivity index (χ3v) is 4.40. The van der Waals surface area contributed by atoms with Crippen molar-refractivity contribution in [2.75, 3.05) is 31.5 Å². The van der Waals surface area contributed by atoms with E-state index in [9.17, 15) is 14.4 Å². The normalized spacial score (nSPS) is 10.1. The Labute approximate surface area is 189 Å². The lowest BCUT2D eigenvalue weighted by atomic mass is 10.1. The number of carbonyl (C=O) groups is 3. The number of benzene rings is 2. The van der Waals surface area contributed by atoms with Crippen LogP contribution in [0.5, 0.6) is 17.2 Å². The predicted octanol–water partition coefficient (Wildman–Crippen LogP) is 2.47. The maximum Gasteiger partial charge on any atom is 0.255 e. The van der Waals surface area contributed by atoms with Crippen molar-refractivity contribution in [2.24, 2.45) is 5.73 Å². The highest BCUT2D eigenvalue weighted by atomic mass is 16.5. The van der Waals surface area contributed by atoms with E-state index in [0.717, 1.165) is 0 Å². The van der Waals surface area contributed by atoms with Gasteiger partial charge in [-0.2, -0.15) is 0 Å². The van der Waals surface area contributed by atoms with Crippen LogP contribution in [0, 0.1) is 0 Å². The quantitative estimate of drug-likeness (QED) is 0.455. The number of aromatic nitrogens is 1. The highest BCUT2D eigenvalue weighted by molar-refractivity contribution is 6.07. The Bertz CT molecular complexity index is 1140. The average Bonchev–Trinajstić information content (AvgIpc) is 2.82. The summed E-state index contributed by atoms with van der Waals surface area (Å²) in [6, 6.07) is 12.7. The number of methoxy groups -OCH3 is 2. The standard InChI is InChI=1S/C23H22N4O6/c1-31-18-11-15(12-19(32-2)21(18)33-13-20(24)28)23(30)27-17-5-3-4-14(10-17)22(29)26-16-6-8-25-9-7-16/h3-12H,13H2,1-2H3,(H2,24,28)(H,27,30)(H,25,26,29). The van der Waals surface area contributed by atoms with E-state index in [-0.39, 0.29) is 35.3 Å². The van der Waals surface area contributed by atoms with Crippen molar-refractivity contribution in [3.63, 3.8) is 0 Å². The number of nitrogens with two attached hydrogens (primary N) is 1. The Balaban J connectivity index is 1.79. The second kappa shape index (κ2) is 10.6. The molecule has 3 rings (SSSR count). The number of anilines is 2. The lowest BCUT2D eigenvalue weighted by molar-refractivity contribution is -0.120. The number of carbonyl (C=O) groups excluding carboxylic acids is 3. The lowest BCUT2D eigenvalue weighted by Gasteiger charge is -2.15. The molecular formula is C23H22N4O6. The van der Waals surface area contributed by atoms with Gasteiger partial charge in [0, 0.05) is 34.9 Å². The number of amides is 3. The molecular weight excluding hydrogens is 428 g/mol. The molecule has 10 heteroatoms. The van der Waals surface area contributed by atoms with Gasteiger partial charge in [-0.05, 0) is 42.5 Å². The van der Waals surface area contributed by atoms with Gasteiger partial charge in [-0.15, -0.1) is 0 Å². The summed E-state index contributed by atoms with van der Waals surface area (Å²) in [6.45, 7) is -0.382. The van der Waals surface area contributed by atoms with E-state index < -0.39 is 11.8 Å². The molecule has 3 aromatic rings. The second-order valence-corrected chi connectivity index (χ2v) is 6.69. The van der Waals surface area contributed by atoms with E-state index in [2.05, 4.69) is 15.6 Å². The Morgan fingerprint density at radius 3 is 2.06 bits per heavy atom. The van der Waals surface area contributed by atoms with Crippen LogP contribution in [0.15, 0.2) is 60.9 Å². The molecule has 3 amide bonds. The highest BCUT2D eigenvalue weighted by Gasteiger charge is 2.19. The first kappa shape index (κ1) is 23.1. The van der Waals surface area contributed by atoms with Crippen LogP contribution in [-0.4, -0.2) is 43.5 Å². The molecule has 0 saturated carbocycles. The zero-order valence-electron chi connectivity index (χ0n) is 18.0. The van der Waals surface area contributed by atoms with Crippen LogP contribution in [0.25, 0.3) is 0 Å². The van der Waals surface area contributed by atoms with Gasteiger partial charge >= 0.3 is 0 Å². The van der Waals surface area contributed by atoms with E-state index in [1.807, 2.05) is 0 Å². The van der Waals surface area contributed by atoms with Crippen molar-refractivity contribution < 1.29 is 28.6 Å². The monoisotopic (exact) mass is 450 g/mol. The van der Waals surface area contributed by atoms with Crippen LogP contribution < -0.4 is 30.6 Å². The zero-order valence-corrected chi connectivity index (χ0v) is 18.0. The van der Waals surface area contributed by atoms with Crippen molar-refractivity contribution in [1.82, 2.24) is 4.98 Å². The maximum absolute atomic E-state index is 12.9. The number of nitrogens with one attached hydrogen (secondary N) is 2. The van der Waals surface area contributed by atoms with E-state index in [0.29, 0.717) is 16.9 Å². The van der Waals surface area contributed by atoms with Crippen molar-refractivity contribution in [2.45, 2.75) is 0 Å². The molecule has 2 aromatic carbocycles. The number of primary amides is 1. The van der Waals surface area contributed by atoms with Crippen LogP contribution in [0.2, 0.25) is 0 Å². The summed E-state index contributed by atoms with van der Waals surface area (Å²) in [7, 11) is 2.77. The molecule has 0 radical (unpaired) electrons. The van der Waals surface area contributed by atoms with Gasteiger partial charge in [0.15, 0.2) is 18.1 Å². The molecule has 1 aromatic heterocycles. The Kier molecular flexibility index (Phi) is 7.43. The zero-order chi connectivity index (χ0) is 23.8. The van der Waals surface area contributed by atoms with E-state index in [4.69, 9.17) is 19.9 Å². The van der Waals surface area contributed by atoms with Gasteiger partial charge < -0.3 is 30.6 Å². The van der Waals surface area contributed by atoms with Gasteiger partial charge in [-0.25, -0.2) is 0 Å². The minimum atomic E-state index is -0.672.